The second-order valence-electron chi connectivity index (χ2n) is 4.57. The summed E-state index contributed by atoms with van der Waals surface area (Å²) in [5.41, 5.74) is 0. The topological polar surface area (TPSA) is 67.4 Å². The van der Waals surface area contributed by atoms with Gasteiger partial charge in [0.15, 0.2) is 5.82 Å². The first kappa shape index (κ1) is 11.4. The van der Waals surface area contributed by atoms with E-state index in [-0.39, 0.29) is 12.0 Å². The summed E-state index contributed by atoms with van der Waals surface area (Å²) in [6, 6.07) is 0. The fraction of sp³-hybridized carbons (Fsp3) is 0.583. The van der Waals surface area contributed by atoms with Crippen LogP contribution in [0.25, 0.3) is 0 Å². The summed E-state index contributed by atoms with van der Waals surface area (Å²) in [5, 5.41) is 3.24. The average molecular weight is 248 g/mol. The van der Waals surface area contributed by atoms with Crippen molar-refractivity contribution in [3.05, 3.63) is 12.4 Å². The van der Waals surface area contributed by atoms with Crippen LogP contribution in [0.4, 0.5) is 5.82 Å². The molecule has 1 atom stereocenters. The molecule has 1 aromatic rings. The number of aromatic nitrogens is 2. The van der Waals surface area contributed by atoms with Crippen LogP contribution in [-0.4, -0.2) is 41.6 Å². The molecular weight excluding hydrogens is 232 g/mol. The predicted octanol–water partition coefficient (Wildman–Crippen LogP) is 0.344. The second kappa shape index (κ2) is 4.89. The number of carbonyl (C=O) groups is 1. The Morgan fingerprint density at radius 1 is 1.39 bits per heavy atom. The van der Waals surface area contributed by atoms with Gasteiger partial charge in [-0.1, -0.05) is 0 Å². The molecule has 1 amide bonds. The lowest BCUT2D eigenvalue weighted by molar-refractivity contribution is -0.117. The van der Waals surface area contributed by atoms with Crippen LogP contribution < -0.4 is 15.0 Å². The molecule has 0 saturated carbocycles. The van der Waals surface area contributed by atoms with Gasteiger partial charge in [-0.3, -0.25) is 9.69 Å². The molecule has 1 aromatic heterocycles. The smallest absolute Gasteiger partial charge is 0.258 e. The zero-order valence-electron chi connectivity index (χ0n) is 10.1. The molecule has 0 aromatic carbocycles. The molecule has 0 bridgehead atoms. The van der Waals surface area contributed by atoms with Crippen molar-refractivity contribution in [3.8, 4) is 5.88 Å². The van der Waals surface area contributed by atoms with Crippen molar-refractivity contribution in [2.45, 2.75) is 25.4 Å². The molecule has 2 fully saturated rings. The SMILES string of the molecule is O=C1CCCN1c1nccnc1OC1CCNC1. The van der Waals surface area contributed by atoms with Gasteiger partial charge in [0.05, 0.1) is 0 Å². The van der Waals surface area contributed by atoms with Crippen molar-refractivity contribution in [3.63, 3.8) is 0 Å². The van der Waals surface area contributed by atoms with Gasteiger partial charge < -0.3 is 10.1 Å². The first-order valence-electron chi connectivity index (χ1n) is 6.33. The van der Waals surface area contributed by atoms with Gasteiger partial charge in [0.25, 0.3) is 5.88 Å². The van der Waals surface area contributed by atoms with E-state index >= 15 is 0 Å². The van der Waals surface area contributed by atoms with Crippen molar-refractivity contribution in [1.82, 2.24) is 15.3 Å². The fourth-order valence-electron chi connectivity index (χ4n) is 2.34. The maximum Gasteiger partial charge on any atom is 0.258 e. The van der Waals surface area contributed by atoms with E-state index in [1.807, 2.05) is 0 Å². The minimum absolute atomic E-state index is 0.102. The number of rotatable bonds is 3. The van der Waals surface area contributed by atoms with Crippen LogP contribution in [0.1, 0.15) is 19.3 Å². The number of nitrogens with one attached hydrogen (secondary N) is 1. The maximum atomic E-state index is 11.8. The van der Waals surface area contributed by atoms with Crippen LogP contribution in [0.2, 0.25) is 0 Å². The Morgan fingerprint density at radius 2 is 2.28 bits per heavy atom. The van der Waals surface area contributed by atoms with E-state index in [0.29, 0.717) is 24.7 Å². The molecule has 2 aliphatic heterocycles. The number of nitrogens with zero attached hydrogens (tertiary/aromatic N) is 3. The van der Waals surface area contributed by atoms with Gasteiger partial charge in [-0.2, -0.15) is 0 Å². The molecule has 0 spiro atoms. The normalized spacial score (nSPS) is 23.7. The summed E-state index contributed by atoms with van der Waals surface area (Å²) in [7, 11) is 0. The van der Waals surface area contributed by atoms with Gasteiger partial charge >= 0.3 is 0 Å². The lowest BCUT2D eigenvalue weighted by Crippen LogP contribution is -2.27. The van der Waals surface area contributed by atoms with E-state index in [1.54, 1.807) is 17.3 Å². The molecular formula is C12H16N4O2. The number of hydrogen-bond acceptors (Lipinski definition) is 5. The Balaban J connectivity index is 1.82. The molecule has 6 heteroatoms. The van der Waals surface area contributed by atoms with E-state index < -0.39 is 0 Å². The molecule has 18 heavy (non-hydrogen) atoms. The number of ether oxygens (including phenoxy) is 1. The minimum atomic E-state index is 0.102. The van der Waals surface area contributed by atoms with Crippen LogP contribution >= 0.6 is 0 Å². The van der Waals surface area contributed by atoms with E-state index in [1.165, 1.54) is 0 Å². The molecule has 3 rings (SSSR count). The van der Waals surface area contributed by atoms with E-state index in [2.05, 4.69) is 15.3 Å². The number of amides is 1. The molecule has 0 radical (unpaired) electrons. The van der Waals surface area contributed by atoms with E-state index in [9.17, 15) is 4.79 Å². The molecule has 2 aliphatic rings. The molecule has 1 N–H and O–H groups in total. The third-order valence-corrected chi connectivity index (χ3v) is 3.27. The quantitative estimate of drug-likeness (QED) is 0.835. The van der Waals surface area contributed by atoms with Crippen molar-refractivity contribution in [2.75, 3.05) is 24.5 Å². The Labute approximate surface area is 105 Å². The van der Waals surface area contributed by atoms with Crippen molar-refractivity contribution < 1.29 is 9.53 Å². The second-order valence-corrected chi connectivity index (χ2v) is 4.57. The molecule has 2 saturated heterocycles. The number of anilines is 1. The van der Waals surface area contributed by atoms with Gasteiger partial charge in [0, 0.05) is 31.9 Å². The molecule has 96 valence electrons. The van der Waals surface area contributed by atoms with Gasteiger partial charge in [-0.05, 0) is 19.4 Å². The zero-order chi connectivity index (χ0) is 12.4. The fourth-order valence-corrected chi connectivity index (χ4v) is 2.34. The molecule has 1 unspecified atom stereocenters. The highest BCUT2D eigenvalue weighted by Gasteiger charge is 2.27. The first-order chi connectivity index (χ1) is 8.84. The summed E-state index contributed by atoms with van der Waals surface area (Å²) in [5.74, 6) is 1.14. The number of hydrogen-bond donors (Lipinski definition) is 1. The summed E-state index contributed by atoms with van der Waals surface area (Å²) < 4.78 is 5.84. The van der Waals surface area contributed by atoms with Crippen molar-refractivity contribution in [2.24, 2.45) is 0 Å². The third-order valence-electron chi connectivity index (χ3n) is 3.27. The highest BCUT2D eigenvalue weighted by molar-refractivity contribution is 5.95. The summed E-state index contributed by atoms with van der Waals surface area (Å²) in [6.07, 6.45) is 5.74. The van der Waals surface area contributed by atoms with Crippen molar-refractivity contribution in [1.29, 1.82) is 0 Å². The highest BCUT2D eigenvalue weighted by Crippen LogP contribution is 2.28. The zero-order valence-corrected chi connectivity index (χ0v) is 10.1. The van der Waals surface area contributed by atoms with E-state index in [0.717, 1.165) is 25.9 Å². The van der Waals surface area contributed by atoms with Gasteiger partial charge in [-0.15, -0.1) is 0 Å². The van der Waals surface area contributed by atoms with Crippen LogP contribution in [0.5, 0.6) is 5.88 Å². The van der Waals surface area contributed by atoms with Crippen LogP contribution in [0, 0.1) is 0 Å². The lowest BCUT2D eigenvalue weighted by atomic mass is 10.3. The van der Waals surface area contributed by atoms with Crippen molar-refractivity contribution >= 4 is 11.7 Å². The van der Waals surface area contributed by atoms with Gasteiger partial charge in [0.2, 0.25) is 5.91 Å². The Kier molecular flexibility index (Phi) is 3.10. The largest absolute Gasteiger partial charge is 0.470 e. The van der Waals surface area contributed by atoms with Gasteiger partial charge in [-0.25, -0.2) is 9.97 Å². The maximum absolute atomic E-state index is 11.8. The Morgan fingerprint density at radius 3 is 3.00 bits per heavy atom. The average Bonchev–Trinajstić information content (AvgIpc) is 3.02. The van der Waals surface area contributed by atoms with Crippen LogP contribution in [-0.2, 0) is 4.79 Å². The Bertz CT molecular complexity index is 445. The monoisotopic (exact) mass is 248 g/mol. The Hall–Kier alpha value is -1.69. The van der Waals surface area contributed by atoms with E-state index in [4.69, 9.17) is 4.74 Å². The first-order valence-corrected chi connectivity index (χ1v) is 6.33. The third kappa shape index (κ3) is 2.15. The minimum Gasteiger partial charge on any atom is -0.470 e. The standard InChI is InChI=1S/C12H16N4O2/c17-10-2-1-7-16(10)11-12(15-6-5-14-11)18-9-3-4-13-8-9/h5-6,9,13H,1-4,7-8H2. The van der Waals surface area contributed by atoms with Crippen LogP contribution in [0.15, 0.2) is 12.4 Å². The summed E-state index contributed by atoms with van der Waals surface area (Å²) in [6.45, 7) is 2.49. The summed E-state index contributed by atoms with van der Waals surface area (Å²) in [4.78, 5) is 21.9. The molecule has 6 nitrogen and oxygen atoms in total. The van der Waals surface area contributed by atoms with Crippen LogP contribution in [0.3, 0.4) is 0 Å². The molecule has 3 heterocycles. The van der Waals surface area contributed by atoms with Gasteiger partial charge in [0.1, 0.15) is 6.10 Å². The predicted molar refractivity (Wildman–Crippen MR) is 65.5 cm³/mol. The lowest BCUT2D eigenvalue weighted by Gasteiger charge is -2.19. The summed E-state index contributed by atoms with van der Waals surface area (Å²) >= 11 is 0. The highest BCUT2D eigenvalue weighted by atomic mass is 16.5. The molecule has 0 aliphatic carbocycles. The number of carbonyl (C=O) groups excluding carboxylic acids is 1.